The Kier molecular flexibility index (Phi) is 6.68. The van der Waals surface area contributed by atoms with Gasteiger partial charge in [0.2, 0.25) is 0 Å². The van der Waals surface area contributed by atoms with Gasteiger partial charge in [0.25, 0.3) is 0 Å². The summed E-state index contributed by atoms with van der Waals surface area (Å²) in [7, 11) is 0. The lowest BCUT2D eigenvalue weighted by Crippen LogP contribution is -2.20. The third-order valence-electron chi connectivity index (χ3n) is 8.10. The molecular formula is C39H36O. The van der Waals surface area contributed by atoms with Crippen LogP contribution < -0.4 is 15.2 Å². The summed E-state index contributed by atoms with van der Waals surface area (Å²) in [5, 5.41) is 2.28. The molecule has 0 amide bonds. The largest absolute Gasteiger partial charge is 0.456 e. The van der Waals surface area contributed by atoms with Crippen LogP contribution in [-0.2, 0) is 6.42 Å². The molecule has 6 rings (SSSR count). The molecule has 0 radical (unpaired) electrons. The van der Waals surface area contributed by atoms with Crippen molar-refractivity contribution in [3.63, 3.8) is 0 Å². The van der Waals surface area contributed by atoms with Gasteiger partial charge in [-0.25, -0.2) is 0 Å². The average molecular weight is 521 g/mol. The molecule has 5 aromatic carbocycles. The fourth-order valence-electron chi connectivity index (χ4n) is 5.97. The number of hydrogen-bond donors (Lipinski definition) is 0. The Labute approximate surface area is 238 Å². The van der Waals surface area contributed by atoms with E-state index in [-0.39, 0.29) is 0 Å². The van der Waals surface area contributed by atoms with Crippen molar-refractivity contribution in [3.05, 3.63) is 163 Å². The van der Waals surface area contributed by atoms with E-state index in [1.165, 1.54) is 61.2 Å². The van der Waals surface area contributed by atoms with Gasteiger partial charge in [0.1, 0.15) is 11.5 Å². The fourth-order valence-corrected chi connectivity index (χ4v) is 5.97. The molecule has 0 aromatic heterocycles. The molecule has 1 nitrogen and oxygen atoms in total. The van der Waals surface area contributed by atoms with E-state index in [1.54, 1.807) is 0 Å². The molecule has 5 aromatic rings. The van der Waals surface area contributed by atoms with Crippen molar-refractivity contribution < 1.29 is 4.74 Å². The van der Waals surface area contributed by atoms with Crippen LogP contribution in [0.25, 0.3) is 11.6 Å². The first-order chi connectivity index (χ1) is 19.2. The van der Waals surface area contributed by atoms with Crippen LogP contribution in [0.3, 0.4) is 0 Å². The molecule has 0 saturated carbocycles. The first-order valence-electron chi connectivity index (χ1n) is 14.1. The van der Waals surface area contributed by atoms with Gasteiger partial charge >= 0.3 is 0 Å². The molecule has 0 aliphatic carbocycles. The topological polar surface area (TPSA) is 9.23 Å². The van der Waals surface area contributed by atoms with Crippen LogP contribution in [0.1, 0.15) is 61.2 Å². The zero-order valence-electron chi connectivity index (χ0n) is 24.4. The van der Waals surface area contributed by atoms with Crippen molar-refractivity contribution in [2.45, 2.75) is 48.0 Å². The second kappa shape index (κ2) is 10.3. The summed E-state index contributed by atoms with van der Waals surface area (Å²) < 4.78 is 6.71. The highest BCUT2D eigenvalue weighted by Gasteiger charge is 2.22. The third kappa shape index (κ3) is 5.00. The molecule has 0 saturated heterocycles. The molecule has 1 aliphatic heterocycles. The number of rotatable bonds is 4. The van der Waals surface area contributed by atoms with Gasteiger partial charge in [0, 0.05) is 16.4 Å². The zero-order valence-corrected chi connectivity index (χ0v) is 24.4. The fraction of sp³-hybridized carbons (Fsp3) is 0.179. The molecule has 1 heteroatoms. The van der Waals surface area contributed by atoms with Gasteiger partial charge in [0.05, 0.1) is 0 Å². The lowest BCUT2D eigenvalue weighted by Gasteiger charge is -2.23. The molecule has 40 heavy (non-hydrogen) atoms. The second-order valence-corrected chi connectivity index (χ2v) is 11.5. The Morgan fingerprint density at radius 1 is 0.550 bits per heavy atom. The summed E-state index contributed by atoms with van der Waals surface area (Å²) in [5.41, 5.74) is 15.2. The highest BCUT2D eigenvalue weighted by Crippen LogP contribution is 2.38. The number of aryl methyl sites for hydroxylation is 6. The van der Waals surface area contributed by atoms with Gasteiger partial charge in [-0.2, -0.15) is 0 Å². The van der Waals surface area contributed by atoms with Gasteiger partial charge in [-0.15, -0.1) is 0 Å². The Bertz CT molecular complexity index is 1900. The lowest BCUT2D eigenvalue weighted by atomic mass is 9.88. The molecule has 0 fully saturated rings. The second-order valence-electron chi connectivity index (χ2n) is 11.5. The Morgan fingerprint density at radius 2 is 1.23 bits per heavy atom. The zero-order chi connectivity index (χ0) is 28.0. The number of fused-ring (bicyclic) bond motifs is 2. The van der Waals surface area contributed by atoms with Crippen LogP contribution in [0.2, 0.25) is 0 Å². The van der Waals surface area contributed by atoms with Crippen molar-refractivity contribution in [3.8, 4) is 11.5 Å². The van der Waals surface area contributed by atoms with Gasteiger partial charge in [-0.05, 0) is 116 Å². The summed E-state index contributed by atoms with van der Waals surface area (Å²) in [5.74, 6) is 1.83. The SMILES string of the molecule is Cc1ccc(/C=c2\ccc3c(c2)Oc2cc(Cc4ccc(C)cc4C)ccc2C=3c2ccc(C)cc2C)c(C)c1. The monoisotopic (exact) mass is 520 g/mol. The maximum Gasteiger partial charge on any atom is 0.135 e. The number of hydrogen-bond acceptors (Lipinski definition) is 1. The predicted molar refractivity (Wildman–Crippen MR) is 168 cm³/mol. The van der Waals surface area contributed by atoms with Crippen LogP contribution in [-0.4, -0.2) is 0 Å². The Balaban J connectivity index is 1.51. The standard InChI is InChI=1S/C39H36O/c1-24-7-12-32(27(4)17-24)20-30-10-15-35-37(22-30)40-38-23-31(21-33-13-8-25(2)18-28(33)5)11-16-36(38)39(35)34-14-9-26(3)19-29(34)6/h7-20,22-23H,21H2,1-6H3/b30-20+. The van der Waals surface area contributed by atoms with Gasteiger partial charge in [-0.3, -0.25) is 0 Å². The van der Waals surface area contributed by atoms with Gasteiger partial charge < -0.3 is 4.74 Å². The number of benzene rings is 5. The average Bonchev–Trinajstić information content (AvgIpc) is 2.91. The normalized spacial score (nSPS) is 12.7. The first kappa shape index (κ1) is 25.9. The summed E-state index contributed by atoms with van der Waals surface area (Å²) in [6, 6.07) is 33.5. The lowest BCUT2D eigenvalue weighted by molar-refractivity contribution is 0.471. The van der Waals surface area contributed by atoms with E-state index >= 15 is 0 Å². The molecule has 0 unspecified atom stereocenters. The molecule has 198 valence electrons. The molecule has 1 heterocycles. The molecular weight excluding hydrogens is 484 g/mol. The van der Waals surface area contributed by atoms with Crippen LogP contribution in [0.15, 0.2) is 91.0 Å². The van der Waals surface area contributed by atoms with E-state index in [0.717, 1.165) is 33.9 Å². The predicted octanol–water partition coefficient (Wildman–Crippen LogP) is 8.31. The van der Waals surface area contributed by atoms with Crippen molar-refractivity contribution in [2.24, 2.45) is 0 Å². The summed E-state index contributed by atoms with van der Waals surface area (Å²) in [4.78, 5) is 0. The van der Waals surface area contributed by atoms with E-state index in [1.807, 2.05) is 0 Å². The smallest absolute Gasteiger partial charge is 0.135 e. The highest BCUT2D eigenvalue weighted by molar-refractivity contribution is 5.86. The van der Waals surface area contributed by atoms with Crippen molar-refractivity contribution in [1.29, 1.82) is 0 Å². The molecule has 0 spiro atoms. The molecule has 0 N–H and O–H groups in total. The van der Waals surface area contributed by atoms with Crippen LogP contribution >= 0.6 is 0 Å². The van der Waals surface area contributed by atoms with Gasteiger partial charge in [0.15, 0.2) is 0 Å². The van der Waals surface area contributed by atoms with Crippen LogP contribution in [0, 0.1) is 41.5 Å². The van der Waals surface area contributed by atoms with Gasteiger partial charge in [-0.1, -0.05) is 89.5 Å². The maximum atomic E-state index is 6.71. The van der Waals surface area contributed by atoms with E-state index < -0.39 is 0 Å². The van der Waals surface area contributed by atoms with E-state index in [2.05, 4.69) is 139 Å². The Hall–Kier alpha value is -4.36. The summed E-state index contributed by atoms with van der Waals surface area (Å²) in [6.45, 7) is 13.0. The number of ether oxygens (including phenoxy) is 1. The summed E-state index contributed by atoms with van der Waals surface area (Å²) >= 11 is 0. The van der Waals surface area contributed by atoms with E-state index in [4.69, 9.17) is 4.74 Å². The van der Waals surface area contributed by atoms with Crippen molar-refractivity contribution >= 4 is 11.6 Å². The highest BCUT2D eigenvalue weighted by atomic mass is 16.5. The van der Waals surface area contributed by atoms with Crippen molar-refractivity contribution in [1.82, 2.24) is 0 Å². The quantitative estimate of drug-likeness (QED) is 0.227. The maximum absolute atomic E-state index is 6.71. The minimum atomic E-state index is 0.884. The minimum Gasteiger partial charge on any atom is -0.456 e. The van der Waals surface area contributed by atoms with Crippen LogP contribution in [0.4, 0.5) is 0 Å². The van der Waals surface area contributed by atoms with Crippen molar-refractivity contribution in [2.75, 3.05) is 0 Å². The molecule has 0 atom stereocenters. The molecule has 0 bridgehead atoms. The van der Waals surface area contributed by atoms with Crippen LogP contribution in [0.5, 0.6) is 11.5 Å². The minimum absolute atomic E-state index is 0.884. The van der Waals surface area contributed by atoms with E-state index in [0.29, 0.717) is 0 Å². The Morgan fingerprint density at radius 3 is 1.95 bits per heavy atom. The van der Waals surface area contributed by atoms with E-state index in [9.17, 15) is 0 Å². The first-order valence-corrected chi connectivity index (χ1v) is 14.1. The summed E-state index contributed by atoms with van der Waals surface area (Å²) in [6.07, 6.45) is 3.14. The third-order valence-corrected chi connectivity index (χ3v) is 8.10. The molecule has 1 aliphatic rings.